The maximum absolute atomic E-state index is 12.1. The Kier molecular flexibility index (Phi) is 3.42. The third-order valence-electron chi connectivity index (χ3n) is 3.35. The Morgan fingerprint density at radius 1 is 1.05 bits per heavy atom. The monoisotopic (exact) mass is 297 g/mol. The Balaban J connectivity index is 1.69. The third-order valence-corrected chi connectivity index (χ3v) is 3.35. The number of fused-ring (bicyclic) bond motifs is 1. The number of amides is 2. The number of hydrazine groups is 1. The van der Waals surface area contributed by atoms with Crippen LogP contribution in [0.25, 0.3) is 10.9 Å². The van der Waals surface area contributed by atoms with Crippen molar-refractivity contribution in [2.45, 2.75) is 13.8 Å². The number of furan rings is 1. The maximum Gasteiger partial charge on any atom is 0.286 e. The Bertz CT molecular complexity index is 828. The minimum absolute atomic E-state index is 0.376. The average molecular weight is 297 g/mol. The van der Waals surface area contributed by atoms with Gasteiger partial charge in [0, 0.05) is 10.9 Å². The molecule has 0 saturated heterocycles. The Labute approximate surface area is 126 Å². The van der Waals surface area contributed by atoms with Crippen molar-refractivity contribution in [2.75, 3.05) is 0 Å². The lowest BCUT2D eigenvalue weighted by molar-refractivity contribution is 0.0843. The van der Waals surface area contributed by atoms with Crippen LogP contribution in [0.15, 0.2) is 40.8 Å². The quantitative estimate of drug-likeness (QED) is 0.635. The van der Waals surface area contributed by atoms with E-state index in [9.17, 15) is 9.59 Å². The first-order chi connectivity index (χ1) is 10.5. The molecule has 0 unspecified atom stereocenters. The predicted octanol–water partition coefficient (Wildman–Crippen LogP) is 2.45. The number of carbonyl (C=O) groups excluding carboxylic acids is 2. The van der Waals surface area contributed by atoms with Crippen molar-refractivity contribution in [1.29, 1.82) is 0 Å². The van der Waals surface area contributed by atoms with E-state index in [2.05, 4.69) is 15.8 Å². The van der Waals surface area contributed by atoms with Crippen LogP contribution in [0.1, 0.15) is 32.4 Å². The summed E-state index contributed by atoms with van der Waals surface area (Å²) in [6.45, 7) is 3.45. The molecule has 0 radical (unpaired) electrons. The molecule has 0 atom stereocenters. The molecule has 0 saturated carbocycles. The van der Waals surface area contributed by atoms with Crippen LogP contribution in [-0.2, 0) is 0 Å². The van der Waals surface area contributed by atoms with E-state index in [0.717, 1.165) is 10.9 Å². The minimum atomic E-state index is -0.418. The summed E-state index contributed by atoms with van der Waals surface area (Å²) in [4.78, 5) is 27.0. The van der Waals surface area contributed by atoms with Crippen LogP contribution in [0.4, 0.5) is 0 Å². The fourth-order valence-corrected chi connectivity index (χ4v) is 2.30. The van der Waals surface area contributed by atoms with Crippen LogP contribution in [0, 0.1) is 13.8 Å². The Hall–Kier alpha value is -3.02. The van der Waals surface area contributed by atoms with Crippen LogP contribution in [0.2, 0.25) is 0 Å². The van der Waals surface area contributed by atoms with Crippen LogP contribution >= 0.6 is 0 Å². The van der Waals surface area contributed by atoms with Crippen LogP contribution < -0.4 is 10.9 Å². The maximum atomic E-state index is 12.1. The van der Waals surface area contributed by atoms with Gasteiger partial charge in [-0.2, -0.15) is 0 Å². The largest absolute Gasteiger partial charge is 0.466 e. The van der Waals surface area contributed by atoms with E-state index >= 15 is 0 Å². The van der Waals surface area contributed by atoms with E-state index in [4.69, 9.17) is 4.42 Å². The summed E-state index contributed by atoms with van der Waals surface area (Å²) in [5, 5.41) is 0.931. The van der Waals surface area contributed by atoms with Gasteiger partial charge in [0.05, 0.1) is 5.56 Å². The molecule has 0 aliphatic heterocycles. The summed E-state index contributed by atoms with van der Waals surface area (Å²) in [6.07, 6.45) is 0. The summed E-state index contributed by atoms with van der Waals surface area (Å²) in [5.41, 5.74) is 6.40. The summed E-state index contributed by atoms with van der Waals surface area (Å²) in [6, 6.07) is 10.9. The van der Waals surface area contributed by atoms with Gasteiger partial charge in [0.15, 0.2) is 0 Å². The standard InChI is InChI=1S/C16H15N3O3/c1-9-7-12(10(2)22-9)15(20)18-19-16(21)14-8-11-5-3-4-6-13(11)17-14/h3-8,17H,1-2H3,(H,18,20)(H,19,21). The van der Waals surface area contributed by atoms with E-state index in [1.165, 1.54) is 0 Å². The van der Waals surface area contributed by atoms with E-state index in [1.54, 1.807) is 26.0 Å². The first-order valence-electron chi connectivity index (χ1n) is 6.80. The van der Waals surface area contributed by atoms with Gasteiger partial charge in [-0.25, -0.2) is 0 Å². The lowest BCUT2D eigenvalue weighted by atomic mass is 10.2. The summed E-state index contributed by atoms with van der Waals surface area (Å²) < 4.78 is 5.29. The first kappa shape index (κ1) is 13.9. The zero-order chi connectivity index (χ0) is 15.7. The lowest BCUT2D eigenvalue weighted by Gasteiger charge is -2.05. The molecule has 3 aromatic rings. The fourth-order valence-electron chi connectivity index (χ4n) is 2.30. The van der Waals surface area contributed by atoms with Gasteiger partial charge < -0.3 is 9.40 Å². The van der Waals surface area contributed by atoms with Gasteiger partial charge in [-0.3, -0.25) is 20.4 Å². The minimum Gasteiger partial charge on any atom is -0.466 e. The van der Waals surface area contributed by atoms with E-state index in [1.807, 2.05) is 24.3 Å². The van der Waals surface area contributed by atoms with Crippen LogP contribution in [0.3, 0.4) is 0 Å². The number of H-pyrrole nitrogens is 1. The van der Waals surface area contributed by atoms with E-state index in [-0.39, 0.29) is 0 Å². The molecule has 6 nitrogen and oxygen atoms in total. The van der Waals surface area contributed by atoms with Crippen molar-refractivity contribution in [3.05, 3.63) is 59.2 Å². The molecule has 0 aliphatic rings. The highest BCUT2D eigenvalue weighted by Crippen LogP contribution is 2.15. The van der Waals surface area contributed by atoms with E-state index < -0.39 is 11.8 Å². The van der Waals surface area contributed by atoms with Gasteiger partial charge in [0.25, 0.3) is 11.8 Å². The molecule has 0 fully saturated rings. The number of hydrogen-bond donors (Lipinski definition) is 3. The number of aryl methyl sites for hydroxylation is 2. The van der Waals surface area contributed by atoms with Crippen molar-refractivity contribution in [3.63, 3.8) is 0 Å². The number of para-hydroxylation sites is 1. The van der Waals surface area contributed by atoms with Gasteiger partial charge in [0.2, 0.25) is 0 Å². The second kappa shape index (κ2) is 5.40. The average Bonchev–Trinajstić information content (AvgIpc) is 3.07. The molecule has 2 heterocycles. The van der Waals surface area contributed by atoms with Crippen LogP contribution in [0.5, 0.6) is 0 Å². The summed E-state index contributed by atoms with van der Waals surface area (Å²) in [7, 11) is 0. The molecule has 0 aliphatic carbocycles. The van der Waals surface area contributed by atoms with E-state index in [0.29, 0.717) is 22.8 Å². The Morgan fingerprint density at radius 3 is 2.45 bits per heavy atom. The molecular weight excluding hydrogens is 282 g/mol. The molecule has 0 spiro atoms. The summed E-state index contributed by atoms with van der Waals surface area (Å²) >= 11 is 0. The highest BCUT2D eigenvalue weighted by molar-refractivity contribution is 6.01. The smallest absolute Gasteiger partial charge is 0.286 e. The molecule has 3 rings (SSSR count). The molecule has 3 N–H and O–H groups in total. The van der Waals surface area contributed by atoms with Gasteiger partial charge >= 0.3 is 0 Å². The molecule has 6 heteroatoms. The highest BCUT2D eigenvalue weighted by atomic mass is 16.3. The third kappa shape index (κ3) is 2.58. The lowest BCUT2D eigenvalue weighted by Crippen LogP contribution is -2.41. The predicted molar refractivity (Wildman–Crippen MR) is 81.4 cm³/mol. The molecule has 112 valence electrons. The van der Waals surface area contributed by atoms with Crippen molar-refractivity contribution < 1.29 is 14.0 Å². The topological polar surface area (TPSA) is 87.1 Å². The van der Waals surface area contributed by atoms with Gasteiger partial charge in [-0.15, -0.1) is 0 Å². The molecule has 22 heavy (non-hydrogen) atoms. The van der Waals surface area contributed by atoms with Crippen molar-refractivity contribution in [2.24, 2.45) is 0 Å². The van der Waals surface area contributed by atoms with Crippen molar-refractivity contribution >= 4 is 22.7 Å². The van der Waals surface area contributed by atoms with Gasteiger partial charge in [0.1, 0.15) is 17.2 Å². The first-order valence-corrected chi connectivity index (χ1v) is 6.80. The second-order valence-electron chi connectivity index (χ2n) is 5.01. The normalized spacial score (nSPS) is 10.6. The summed E-state index contributed by atoms with van der Waals surface area (Å²) in [5.74, 6) is 0.320. The Morgan fingerprint density at radius 2 is 1.77 bits per heavy atom. The molecular formula is C16H15N3O3. The number of aromatic amines is 1. The van der Waals surface area contributed by atoms with Crippen LogP contribution in [-0.4, -0.2) is 16.8 Å². The molecule has 2 amide bonds. The fraction of sp³-hybridized carbons (Fsp3) is 0.125. The number of aromatic nitrogens is 1. The molecule has 2 aromatic heterocycles. The molecule has 0 bridgehead atoms. The number of rotatable bonds is 2. The number of carbonyl (C=O) groups is 2. The number of benzene rings is 1. The SMILES string of the molecule is Cc1cc(C(=O)NNC(=O)c2cc3ccccc3[nH]2)c(C)o1. The highest BCUT2D eigenvalue weighted by Gasteiger charge is 2.15. The zero-order valence-electron chi connectivity index (χ0n) is 12.2. The second-order valence-corrected chi connectivity index (χ2v) is 5.01. The van der Waals surface area contributed by atoms with Crippen molar-refractivity contribution in [3.8, 4) is 0 Å². The molecule has 1 aromatic carbocycles. The van der Waals surface area contributed by atoms with Gasteiger partial charge in [-0.05, 0) is 32.0 Å². The number of hydrogen-bond acceptors (Lipinski definition) is 3. The van der Waals surface area contributed by atoms with Crippen molar-refractivity contribution in [1.82, 2.24) is 15.8 Å². The zero-order valence-corrected chi connectivity index (χ0v) is 12.2. The van der Waals surface area contributed by atoms with Gasteiger partial charge in [-0.1, -0.05) is 18.2 Å². The number of nitrogens with one attached hydrogen (secondary N) is 3.